The second kappa shape index (κ2) is 8.89. The van der Waals surface area contributed by atoms with Crippen LogP contribution in [0.5, 0.6) is 0 Å². The van der Waals surface area contributed by atoms with Gasteiger partial charge in [0.15, 0.2) is 0 Å². The first-order valence-electron chi connectivity index (χ1n) is 8.45. The summed E-state index contributed by atoms with van der Waals surface area (Å²) in [5.74, 6) is 0.0972. The molecule has 5 heteroatoms. The van der Waals surface area contributed by atoms with E-state index < -0.39 is 6.10 Å². The molecule has 2 rings (SSSR count). The molecule has 1 fully saturated rings. The highest BCUT2D eigenvalue weighted by atomic mass is 16.5. The van der Waals surface area contributed by atoms with E-state index in [0.717, 1.165) is 25.0 Å². The van der Waals surface area contributed by atoms with Gasteiger partial charge in [-0.1, -0.05) is 30.3 Å². The van der Waals surface area contributed by atoms with Crippen LogP contribution in [0.3, 0.4) is 0 Å². The molecule has 0 saturated carbocycles. The van der Waals surface area contributed by atoms with Gasteiger partial charge in [-0.05, 0) is 38.7 Å². The summed E-state index contributed by atoms with van der Waals surface area (Å²) in [5, 5.41) is 15.6. The zero-order valence-electron chi connectivity index (χ0n) is 14.0. The fourth-order valence-corrected chi connectivity index (χ4v) is 3.04. The van der Waals surface area contributed by atoms with Gasteiger partial charge in [0.25, 0.3) is 0 Å². The van der Waals surface area contributed by atoms with Gasteiger partial charge in [-0.3, -0.25) is 0 Å². The Labute approximate surface area is 138 Å². The molecular weight excluding hydrogens is 292 g/mol. The number of amides is 2. The van der Waals surface area contributed by atoms with E-state index in [2.05, 4.69) is 10.6 Å². The van der Waals surface area contributed by atoms with Crippen LogP contribution in [-0.4, -0.2) is 42.5 Å². The second-order valence-corrected chi connectivity index (χ2v) is 6.39. The maximum Gasteiger partial charge on any atom is 0.315 e. The van der Waals surface area contributed by atoms with Crippen LogP contribution >= 0.6 is 0 Å². The zero-order valence-corrected chi connectivity index (χ0v) is 14.0. The molecule has 1 heterocycles. The molecule has 23 heavy (non-hydrogen) atoms. The van der Waals surface area contributed by atoms with Gasteiger partial charge < -0.3 is 20.5 Å². The van der Waals surface area contributed by atoms with Crippen molar-refractivity contribution in [1.82, 2.24) is 10.6 Å². The van der Waals surface area contributed by atoms with E-state index in [0.29, 0.717) is 13.0 Å². The van der Waals surface area contributed by atoms with Gasteiger partial charge in [0.2, 0.25) is 0 Å². The lowest BCUT2D eigenvalue weighted by molar-refractivity contribution is 0.0860. The number of ether oxygens (including phenoxy) is 1. The molecule has 1 saturated heterocycles. The predicted molar refractivity (Wildman–Crippen MR) is 90.5 cm³/mol. The van der Waals surface area contributed by atoms with E-state index >= 15 is 0 Å². The molecule has 1 aromatic carbocycles. The van der Waals surface area contributed by atoms with E-state index in [1.807, 2.05) is 37.3 Å². The number of carbonyl (C=O) groups excluding carboxylic acids is 1. The summed E-state index contributed by atoms with van der Waals surface area (Å²) in [6, 6.07) is 9.80. The largest absolute Gasteiger partial charge is 0.393 e. The molecule has 4 atom stereocenters. The van der Waals surface area contributed by atoms with Crippen molar-refractivity contribution >= 4 is 6.03 Å². The highest BCUT2D eigenvalue weighted by Crippen LogP contribution is 2.20. The van der Waals surface area contributed by atoms with Gasteiger partial charge in [-0.2, -0.15) is 0 Å². The molecule has 5 nitrogen and oxygen atoms in total. The maximum absolute atomic E-state index is 12.1. The molecule has 128 valence electrons. The minimum atomic E-state index is -0.407. The van der Waals surface area contributed by atoms with Crippen molar-refractivity contribution in [2.45, 2.75) is 57.3 Å². The molecular formula is C18H28N2O3. The summed E-state index contributed by atoms with van der Waals surface area (Å²) in [4.78, 5) is 12.1. The van der Waals surface area contributed by atoms with E-state index in [-0.39, 0.29) is 24.1 Å². The van der Waals surface area contributed by atoms with Crippen LogP contribution in [0.2, 0.25) is 0 Å². The van der Waals surface area contributed by atoms with Gasteiger partial charge in [0.1, 0.15) is 0 Å². The SMILES string of the molecule is CC(O)CC(CNC(=O)NC(C)C1CCCO1)c1ccccc1. The minimum absolute atomic E-state index is 0.00411. The number of urea groups is 1. The van der Waals surface area contributed by atoms with Gasteiger partial charge in [-0.25, -0.2) is 4.79 Å². The van der Waals surface area contributed by atoms with Gasteiger partial charge in [0, 0.05) is 19.1 Å². The van der Waals surface area contributed by atoms with Crippen molar-refractivity contribution in [2.24, 2.45) is 0 Å². The maximum atomic E-state index is 12.1. The lowest BCUT2D eigenvalue weighted by atomic mass is 9.93. The third-order valence-corrected chi connectivity index (χ3v) is 4.29. The molecule has 0 spiro atoms. The summed E-state index contributed by atoms with van der Waals surface area (Å²) in [6.07, 6.45) is 2.38. The first kappa shape index (κ1) is 17.8. The Kier molecular flexibility index (Phi) is 6.86. The van der Waals surface area contributed by atoms with Crippen LogP contribution in [0.25, 0.3) is 0 Å². The van der Waals surface area contributed by atoms with E-state index in [1.54, 1.807) is 6.92 Å². The third-order valence-electron chi connectivity index (χ3n) is 4.29. The molecule has 4 unspecified atom stereocenters. The quantitative estimate of drug-likeness (QED) is 0.722. The van der Waals surface area contributed by atoms with Crippen molar-refractivity contribution < 1.29 is 14.6 Å². The molecule has 3 N–H and O–H groups in total. The fourth-order valence-electron chi connectivity index (χ4n) is 3.04. The van der Waals surface area contributed by atoms with Crippen LogP contribution in [0.15, 0.2) is 30.3 Å². The zero-order chi connectivity index (χ0) is 16.7. The van der Waals surface area contributed by atoms with Crippen molar-refractivity contribution in [1.29, 1.82) is 0 Å². The molecule has 0 aliphatic carbocycles. The molecule has 2 amide bonds. The molecule has 0 aromatic heterocycles. The van der Waals surface area contributed by atoms with Crippen molar-refractivity contribution in [3.8, 4) is 0 Å². The lowest BCUT2D eigenvalue weighted by Crippen LogP contribution is -2.46. The lowest BCUT2D eigenvalue weighted by Gasteiger charge is -2.23. The highest BCUT2D eigenvalue weighted by Gasteiger charge is 2.24. The number of aliphatic hydroxyl groups is 1. The van der Waals surface area contributed by atoms with Crippen LogP contribution in [0, 0.1) is 0 Å². The van der Waals surface area contributed by atoms with Crippen LogP contribution in [0.4, 0.5) is 4.79 Å². The number of benzene rings is 1. The molecule has 1 aromatic rings. The number of hydrogen-bond acceptors (Lipinski definition) is 3. The van der Waals surface area contributed by atoms with E-state index in [1.165, 1.54) is 0 Å². The standard InChI is InChI=1S/C18H28N2O3/c1-13(21)11-16(15-7-4-3-5-8-15)12-19-18(22)20-14(2)17-9-6-10-23-17/h3-5,7-8,13-14,16-17,21H,6,9-12H2,1-2H3,(H2,19,20,22). The van der Waals surface area contributed by atoms with E-state index in [9.17, 15) is 9.90 Å². The summed E-state index contributed by atoms with van der Waals surface area (Å²) in [5.41, 5.74) is 1.13. The van der Waals surface area contributed by atoms with Gasteiger partial charge in [-0.15, -0.1) is 0 Å². The number of rotatable bonds is 7. The first-order chi connectivity index (χ1) is 11.1. The third kappa shape index (κ3) is 5.84. The van der Waals surface area contributed by atoms with Gasteiger partial charge >= 0.3 is 6.03 Å². The average Bonchev–Trinajstić information content (AvgIpc) is 3.06. The summed E-state index contributed by atoms with van der Waals surface area (Å²) < 4.78 is 5.59. The number of nitrogens with one attached hydrogen (secondary N) is 2. The predicted octanol–water partition coefficient (Wildman–Crippen LogP) is 2.41. The summed E-state index contributed by atoms with van der Waals surface area (Å²) in [7, 11) is 0. The molecule has 1 aliphatic heterocycles. The number of hydrogen-bond donors (Lipinski definition) is 3. The minimum Gasteiger partial charge on any atom is -0.393 e. The second-order valence-electron chi connectivity index (χ2n) is 6.39. The molecule has 0 bridgehead atoms. The summed E-state index contributed by atoms with van der Waals surface area (Å²) in [6.45, 7) is 5.03. The fraction of sp³-hybridized carbons (Fsp3) is 0.611. The Morgan fingerprint density at radius 1 is 1.35 bits per heavy atom. The number of carbonyl (C=O) groups is 1. The van der Waals surface area contributed by atoms with Crippen molar-refractivity contribution in [2.75, 3.05) is 13.2 Å². The van der Waals surface area contributed by atoms with Crippen molar-refractivity contribution in [3.05, 3.63) is 35.9 Å². The topological polar surface area (TPSA) is 70.6 Å². The van der Waals surface area contributed by atoms with Crippen LogP contribution in [-0.2, 0) is 4.74 Å². The average molecular weight is 320 g/mol. The Hall–Kier alpha value is -1.59. The number of aliphatic hydroxyl groups excluding tert-OH is 1. The summed E-state index contributed by atoms with van der Waals surface area (Å²) >= 11 is 0. The Morgan fingerprint density at radius 3 is 2.70 bits per heavy atom. The normalized spacial score (nSPS) is 21.4. The highest BCUT2D eigenvalue weighted by molar-refractivity contribution is 5.74. The van der Waals surface area contributed by atoms with Crippen molar-refractivity contribution in [3.63, 3.8) is 0 Å². The smallest absolute Gasteiger partial charge is 0.315 e. The Bertz CT molecular complexity index is 472. The monoisotopic (exact) mass is 320 g/mol. The van der Waals surface area contributed by atoms with Crippen LogP contribution < -0.4 is 10.6 Å². The van der Waals surface area contributed by atoms with E-state index in [4.69, 9.17) is 4.74 Å². The van der Waals surface area contributed by atoms with Gasteiger partial charge in [0.05, 0.1) is 18.2 Å². The Morgan fingerprint density at radius 2 is 2.09 bits per heavy atom. The molecule has 0 radical (unpaired) electrons. The first-order valence-corrected chi connectivity index (χ1v) is 8.45. The molecule has 1 aliphatic rings. The Balaban J connectivity index is 1.83. The van der Waals surface area contributed by atoms with Crippen LogP contribution in [0.1, 0.15) is 44.6 Å².